The summed E-state index contributed by atoms with van der Waals surface area (Å²) in [6, 6.07) is 8.53. The van der Waals surface area contributed by atoms with Gasteiger partial charge in [-0.25, -0.2) is 0 Å². The zero-order chi connectivity index (χ0) is 13.4. The lowest BCUT2D eigenvalue weighted by atomic mass is 9.72. The molecule has 1 unspecified atom stereocenters. The molecule has 0 aliphatic heterocycles. The Labute approximate surface area is 126 Å². The van der Waals surface area contributed by atoms with E-state index in [1.54, 1.807) is 0 Å². The Hall–Kier alpha value is -0.940. The molecule has 1 atom stereocenters. The number of aromatic nitrogens is 3. The molecule has 1 aliphatic carbocycles. The van der Waals surface area contributed by atoms with Gasteiger partial charge in [0.25, 0.3) is 0 Å². The van der Waals surface area contributed by atoms with Crippen LogP contribution in [-0.4, -0.2) is 14.8 Å². The van der Waals surface area contributed by atoms with Crippen molar-refractivity contribution in [2.24, 2.45) is 13.0 Å². The van der Waals surface area contributed by atoms with Crippen molar-refractivity contribution in [3.05, 3.63) is 44.9 Å². The molecule has 3 nitrogen and oxygen atoms in total. The number of nitrogens with zero attached hydrogens (tertiary/aromatic N) is 2. The molecule has 0 bridgehead atoms. The maximum Gasteiger partial charge on any atom is 0.194 e. The van der Waals surface area contributed by atoms with Gasteiger partial charge in [-0.1, -0.05) is 34.5 Å². The Morgan fingerprint density at radius 1 is 1.47 bits per heavy atom. The number of nitrogens with one attached hydrogen (secondary N) is 1. The highest BCUT2D eigenvalue weighted by molar-refractivity contribution is 9.10. The quantitative estimate of drug-likeness (QED) is 0.852. The van der Waals surface area contributed by atoms with E-state index in [1.165, 1.54) is 24.8 Å². The van der Waals surface area contributed by atoms with Gasteiger partial charge in [0.2, 0.25) is 0 Å². The lowest BCUT2D eigenvalue weighted by molar-refractivity contribution is 0.274. The van der Waals surface area contributed by atoms with Crippen molar-refractivity contribution in [2.45, 2.75) is 25.2 Å². The number of benzene rings is 1. The van der Waals surface area contributed by atoms with Crippen molar-refractivity contribution in [1.82, 2.24) is 14.8 Å². The number of aromatic amines is 1. The molecule has 1 saturated carbocycles. The highest BCUT2D eigenvalue weighted by atomic mass is 79.9. The van der Waals surface area contributed by atoms with Crippen LogP contribution in [0.15, 0.2) is 28.7 Å². The molecular weight excluding hydrogens is 322 g/mol. The number of hydrogen-bond donors (Lipinski definition) is 1. The highest BCUT2D eigenvalue weighted by Gasteiger charge is 2.32. The van der Waals surface area contributed by atoms with Gasteiger partial charge >= 0.3 is 0 Å². The minimum absolute atomic E-state index is 0.337. The van der Waals surface area contributed by atoms with Gasteiger partial charge in [0.1, 0.15) is 5.82 Å². The first-order valence-corrected chi connectivity index (χ1v) is 7.73. The van der Waals surface area contributed by atoms with Gasteiger partial charge in [0.05, 0.1) is 0 Å². The summed E-state index contributed by atoms with van der Waals surface area (Å²) in [4.78, 5) is 0. The van der Waals surface area contributed by atoms with Crippen LogP contribution in [0.3, 0.4) is 0 Å². The average Bonchev–Trinajstić information content (AvgIpc) is 2.65. The normalized spacial score (nSPS) is 17.2. The van der Waals surface area contributed by atoms with E-state index in [4.69, 9.17) is 12.2 Å². The third-order valence-corrected chi connectivity index (χ3v) is 4.88. The molecule has 1 N–H and O–H groups in total. The van der Waals surface area contributed by atoms with Crippen molar-refractivity contribution in [3.63, 3.8) is 0 Å². The molecule has 100 valence electrons. The fourth-order valence-electron chi connectivity index (χ4n) is 2.74. The average molecular weight is 338 g/mol. The molecule has 19 heavy (non-hydrogen) atoms. The zero-order valence-corrected chi connectivity index (χ0v) is 13.2. The number of H-pyrrole nitrogens is 1. The maximum atomic E-state index is 5.25. The number of rotatable bonds is 3. The second-order valence-corrected chi connectivity index (χ2v) is 6.47. The van der Waals surface area contributed by atoms with E-state index in [-0.39, 0.29) is 0 Å². The summed E-state index contributed by atoms with van der Waals surface area (Å²) < 4.78 is 3.81. The van der Waals surface area contributed by atoms with Crippen LogP contribution in [0, 0.1) is 10.7 Å². The summed E-state index contributed by atoms with van der Waals surface area (Å²) in [5.74, 6) is 2.06. The summed E-state index contributed by atoms with van der Waals surface area (Å²) >= 11 is 8.81. The van der Waals surface area contributed by atoms with Crippen LogP contribution >= 0.6 is 28.1 Å². The van der Waals surface area contributed by atoms with Gasteiger partial charge in [0, 0.05) is 17.4 Å². The fraction of sp³-hybridized carbons (Fsp3) is 0.429. The molecule has 0 spiro atoms. The molecule has 1 fully saturated rings. The van der Waals surface area contributed by atoms with E-state index >= 15 is 0 Å². The van der Waals surface area contributed by atoms with Gasteiger partial charge in [0.15, 0.2) is 4.77 Å². The molecule has 2 aromatic rings. The molecule has 1 aliphatic rings. The summed E-state index contributed by atoms with van der Waals surface area (Å²) in [6.45, 7) is 0. The summed E-state index contributed by atoms with van der Waals surface area (Å²) in [5, 5.41) is 7.36. The SMILES string of the molecule is Cn1c(C(c2cccc(Br)c2)C2CCC2)n[nH]c1=S. The Balaban J connectivity index is 2.07. The largest absolute Gasteiger partial charge is 0.307 e. The standard InChI is InChI=1S/C14H16BrN3S/c1-18-13(16-17-14(18)19)12(9-4-2-5-9)10-6-3-7-11(15)8-10/h3,6-9,12H,2,4-5H2,1H3,(H,17,19). The monoisotopic (exact) mass is 337 g/mol. The first-order valence-electron chi connectivity index (χ1n) is 6.53. The zero-order valence-electron chi connectivity index (χ0n) is 10.8. The molecule has 1 aromatic carbocycles. The topological polar surface area (TPSA) is 33.6 Å². The minimum Gasteiger partial charge on any atom is -0.307 e. The molecule has 1 aromatic heterocycles. The van der Waals surface area contributed by atoms with Gasteiger partial charge in [-0.3, -0.25) is 5.10 Å². The van der Waals surface area contributed by atoms with Gasteiger partial charge < -0.3 is 4.57 Å². The summed E-state index contributed by atoms with van der Waals surface area (Å²) in [5.41, 5.74) is 1.32. The van der Waals surface area contributed by atoms with E-state index in [9.17, 15) is 0 Å². The van der Waals surface area contributed by atoms with E-state index in [0.29, 0.717) is 16.6 Å². The Morgan fingerprint density at radius 3 is 2.79 bits per heavy atom. The maximum absolute atomic E-state index is 5.25. The third-order valence-electron chi connectivity index (χ3n) is 4.02. The van der Waals surface area contributed by atoms with Crippen molar-refractivity contribution in [3.8, 4) is 0 Å². The van der Waals surface area contributed by atoms with Gasteiger partial charge in [-0.2, -0.15) is 5.10 Å². The van der Waals surface area contributed by atoms with Gasteiger partial charge in [-0.05, 0) is 48.7 Å². The van der Waals surface area contributed by atoms with Gasteiger partial charge in [-0.15, -0.1) is 0 Å². The second kappa shape index (κ2) is 5.21. The smallest absolute Gasteiger partial charge is 0.194 e. The van der Waals surface area contributed by atoms with Crippen molar-refractivity contribution < 1.29 is 0 Å². The van der Waals surface area contributed by atoms with Crippen molar-refractivity contribution in [1.29, 1.82) is 0 Å². The highest BCUT2D eigenvalue weighted by Crippen LogP contribution is 2.42. The number of hydrogen-bond acceptors (Lipinski definition) is 2. The van der Waals surface area contributed by atoms with Crippen LogP contribution in [0.5, 0.6) is 0 Å². The van der Waals surface area contributed by atoms with E-state index in [2.05, 4.69) is 50.4 Å². The fourth-order valence-corrected chi connectivity index (χ4v) is 3.30. The summed E-state index contributed by atoms with van der Waals surface area (Å²) in [7, 11) is 1.99. The number of halogens is 1. The molecule has 3 rings (SSSR count). The van der Waals surface area contributed by atoms with Crippen LogP contribution in [0.25, 0.3) is 0 Å². The predicted molar refractivity (Wildman–Crippen MR) is 81.7 cm³/mol. The summed E-state index contributed by atoms with van der Waals surface area (Å²) in [6.07, 6.45) is 3.87. The van der Waals surface area contributed by atoms with Crippen molar-refractivity contribution in [2.75, 3.05) is 0 Å². The van der Waals surface area contributed by atoms with E-state index in [1.807, 2.05) is 11.6 Å². The van der Waals surface area contributed by atoms with Crippen LogP contribution in [0.1, 0.15) is 36.6 Å². The Kier molecular flexibility index (Phi) is 3.58. The van der Waals surface area contributed by atoms with Crippen LogP contribution < -0.4 is 0 Å². The minimum atomic E-state index is 0.337. The first-order chi connectivity index (χ1) is 9.16. The van der Waals surface area contributed by atoms with Crippen LogP contribution in [0.4, 0.5) is 0 Å². The van der Waals surface area contributed by atoms with Crippen LogP contribution in [0.2, 0.25) is 0 Å². The molecule has 0 saturated heterocycles. The van der Waals surface area contributed by atoms with E-state index < -0.39 is 0 Å². The molecule has 0 amide bonds. The molecule has 0 radical (unpaired) electrons. The van der Waals surface area contributed by atoms with E-state index in [0.717, 1.165) is 10.3 Å². The second-order valence-electron chi connectivity index (χ2n) is 5.17. The molecular formula is C14H16BrN3S. The molecule has 1 heterocycles. The predicted octanol–water partition coefficient (Wildman–Crippen LogP) is 4.17. The first kappa shape index (κ1) is 13.1. The Morgan fingerprint density at radius 2 is 2.26 bits per heavy atom. The Bertz CT molecular complexity index is 642. The lowest BCUT2D eigenvalue weighted by Crippen LogP contribution is -2.24. The third kappa shape index (κ3) is 2.41. The lowest BCUT2D eigenvalue weighted by Gasteiger charge is -2.33. The van der Waals surface area contributed by atoms with Crippen LogP contribution in [-0.2, 0) is 7.05 Å². The molecule has 5 heteroatoms. The van der Waals surface area contributed by atoms with Crippen molar-refractivity contribution >= 4 is 28.1 Å².